The number of thiophene rings is 1. The molecule has 0 saturated carbocycles. The first-order valence-electron chi connectivity index (χ1n) is 4.99. The van der Waals surface area contributed by atoms with Gasteiger partial charge in [-0.1, -0.05) is 0 Å². The first-order valence-corrected chi connectivity index (χ1v) is 7.24. The van der Waals surface area contributed by atoms with Crippen molar-refractivity contribution >= 4 is 21.4 Å². The number of nitrogens with zero attached hydrogens (tertiary/aromatic N) is 1. The summed E-state index contributed by atoms with van der Waals surface area (Å²) in [6, 6.07) is 1.54. The highest BCUT2D eigenvalue weighted by atomic mass is 32.2. The lowest BCUT2D eigenvalue weighted by Crippen LogP contribution is -2.32. The van der Waals surface area contributed by atoms with Crippen molar-refractivity contribution in [1.82, 2.24) is 4.31 Å². The molecule has 0 amide bonds. The molecule has 0 aromatic carbocycles. The Morgan fingerprint density at radius 2 is 2.06 bits per heavy atom. The van der Waals surface area contributed by atoms with E-state index in [9.17, 15) is 8.42 Å². The van der Waals surface area contributed by atoms with Gasteiger partial charge in [0.2, 0.25) is 0 Å². The minimum Gasteiger partial charge on any atom is -0.391 e. The van der Waals surface area contributed by atoms with Crippen LogP contribution in [0, 0.1) is 6.92 Å². The summed E-state index contributed by atoms with van der Waals surface area (Å²) >= 11 is 1.13. The third-order valence-corrected chi connectivity index (χ3v) is 6.21. The van der Waals surface area contributed by atoms with Gasteiger partial charge in [-0.15, -0.1) is 11.3 Å². The topological polar surface area (TPSA) is 57.6 Å². The molecule has 0 aliphatic heterocycles. The van der Waals surface area contributed by atoms with Crippen LogP contribution in [0.25, 0.3) is 0 Å². The summed E-state index contributed by atoms with van der Waals surface area (Å²) in [4.78, 5) is 0.704. The van der Waals surface area contributed by atoms with Crippen molar-refractivity contribution in [2.24, 2.45) is 0 Å². The van der Waals surface area contributed by atoms with Crippen molar-refractivity contribution in [2.75, 3.05) is 7.05 Å². The minimum atomic E-state index is -3.41. The summed E-state index contributed by atoms with van der Waals surface area (Å²) in [6.45, 7) is 5.34. The lowest BCUT2D eigenvalue weighted by Gasteiger charge is -2.19. The van der Waals surface area contributed by atoms with E-state index in [0.29, 0.717) is 9.09 Å². The molecule has 1 rings (SSSR count). The van der Waals surface area contributed by atoms with Crippen LogP contribution in [0.15, 0.2) is 10.3 Å². The van der Waals surface area contributed by atoms with E-state index in [2.05, 4.69) is 0 Å². The van der Waals surface area contributed by atoms with E-state index in [-0.39, 0.29) is 12.6 Å². The molecular formula is C10H17NO3S2. The fourth-order valence-electron chi connectivity index (χ4n) is 1.19. The lowest BCUT2D eigenvalue weighted by atomic mass is 10.3. The molecule has 1 heterocycles. The second kappa shape index (κ2) is 4.83. The number of hydrogen-bond donors (Lipinski definition) is 1. The largest absolute Gasteiger partial charge is 0.391 e. The van der Waals surface area contributed by atoms with Crippen LogP contribution in [-0.2, 0) is 16.6 Å². The average molecular weight is 263 g/mol. The molecule has 0 aliphatic carbocycles. The molecule has 16 heavy (non-hydrogen) atoms. The lowest BCUT2D eigenvalue weighted by molar-refractivity contribution is 0.285. The summed E-state index contributed by atoms with van der Waals surface area (Å²) in [5, 5.41) is 9.05. The Hall–Kier alpha value is -0.430. The molecule has 0 spiro atoms. The second-order valence-corrected chi connectivity index (χ2v) is 7.31. The normalized spacial score (nSPS) is 12.7. The summed E-state index contributed by atoms with van der Waals surface area (Å²) < 4.78 is 25.8. The van der Waals surface area contributed by atoms with Gasteiger partial charge in [-0.25, -0.2) is 8.42 Å². The van der Waals surface area contributed by atoms with E-state index in [1.54, 1.807) is 20.0 Å². The van der Waals surface area contributed by atoms with E-state index in [1.165, 1.54) is 4.31 Å². The number of rotatable bonds is 4. The average Bonchev–Trinajstić information content (AvgIpc) is 2.58. The number of sulfonamides is 1. The van der Waals surface area contributed by atoms with Crippen LogP contribution in [-0.4, -0.2) is 30.9 Å². The maximum atomic E-state index is 12.1. The Balaban J connectivity index is 3.17. The first kappa shape index (κ1) is 13.6. The van der Waals surface area contributed by atoms with Gasteiger partial charge in [0.25, 0.3) is 10.0 Å². The summed E-state index contributed by atoms with van der Waals surface area (Å²) in [6.07, 6.45) is 0. The van der Waals surface area contributed by atoms with Crippen molar-refractivity contribution in [3.8, 4) is 0 Å². The highest BCUT2D eigenvalue weighted by Gasteiger charge is 2.25. The number of aliphatic hydroxyl groups excluding tert-OH is 1. The third kappa shape index (κ3) is 2.45. The smallest absolute Gasteiger partial charge is 0.252 e. The van der Waals surface area contributed by atoms with Crippen LogP contribution in [0.3, 0.4) is 0 Å². The molecule has 0 unspecified atom stereocenters. The van der Waals surface area contributed by atoms with E-state index in [1.807, 2.05) is 13.8 Å². The van der Waals surface area contributed by atoms with Gasteiger partial charge in [0.15, 0.2) is 0 Å². The Bertz CT molecular complexity index is 462. The molecule has 1 aromatic heterocycles. The molecule has 0 bridgehead atoms. The SMILES string of the molecule is Cc1cc(S(=O)(=O)N(C)C(C)C)sc1CO. The quantitative estimate of drug-likeness (QED) is 0.897. The predicted octanol–water partition coefficient (Wildman–Crippen LogP) is 1.58. The molecule has 0 radical (unpaired) electrons. The van der Waals surface area contributed by atoms with Crippen LogP contribution in [0.2, 0.25) is 0 Å². The van der Waals surface area contributed by atoms with Crippen LogP contribution in [0.1, 0.15) is 24.3 Å². The van der Waals surface area contributed by atoms with Crippen LogP contribution in [0.4, 0.5) is 0 Å². The van der Waals surface area contributed by atoms with Gasteiger partial charge in [0.1, 0.15) is 4.21 Å². The van der Waals surface area contributed by atoms with E-state index >= 15 is 0 Å². The van der Waals surface area contributed by atoms with Crippen molar-refractivity contribution in [3.63, 3.8) is 0 Å². The second-order valence-electron chi connectivity index (χ2n) is 3.94. The first-order chi connectivity index (χ1) is 7.30. The summed E-state index contributed by atoms with van der Waals surface area (Å²) in [7, 11) is -1.85. The summed E-state index contributed by atoms with van der Waals surface area (Å²) in [5.74, 6) is 0. The highest BCUT2D eigenvalue weighted by Crippen LogP contribution is 2.28. The van der Waals surface area contributed by atoms with E-state index < -0.39 is 10.0 Å². The Kier molecular flexibility index (Phi) is 4.12. The zero-order valence-corrected chi connectivity index (χ0v) is 11.5. The van der Waals surface area contributed by atoms with Gasteiger partial charge in [-0.2, -0.15) is 4.31 Å². The van der Waals surface area contributed by atoms with Crippen molar-refractivity contribution in [1.29, 1.82) is 0 Å². The van der Waals surface area contributed by atoms with Gasteiger partial charge in [-0.3, -0.25) is 0 Å². The van der Waals surface area contributed by atoms with Crippen molar-refractivity contribution < 1.29 is 13.5 Å². The molecular weight excluding hydrogens is 246 g/mol. The number of hydrogen-bond acceptors (Lipinski definition) is 4. The fourth-order valence-corrected chi connectivity index (χ4v) is 4.20. The Morgan fingerprint density at radius 1 is 1.50 bits per heavy atom. The van der Waals surface area contributed by atoms with E-state index in [4.69, 9.17) is 5.11 Å². The molecule has 92 valence electrons. The van der Waals surface area contributed by atoms with Gasteiger partial charge < -0.3 is 5.11 Å². The van der Waals surface area contributed by atoms with Crippen LogP contribution >= 0.6 is 11.3 Å². The summed E-state index contributed by atoms with van der Waals surface area (Å²) in [5.41, 5.74) is 0.822. The van der Waals surface area contributed by atoms with Gasteiger partial charge >= 0.3 is 0 Å². The van der Waals surface area contributed by atoms with Gasteiger partial charge in [-0.05, 0) is 32.4 Å². The molecule has 4 nitrogen and oxygen atoms in total. The number of aliphatic hydroxyl groups is 1. The predicted molar refractivity (Wildman–Crippen MR) is 65.1 cm³/mol. The van der Waals surface area contributed by atoms with Crippen LogP contribution in [0.5, 0.6) is 0 Å². The standard InChI is InChI=1S/C10H17NO3S2/c1-7(2)11(4)16(13,14)10-5-8(3)9(6-12)15-10/h5,7,12H,6H2,1-4H3. The Morgan fingerprint density at radius 3 is 2.44 bits per heavy atom. The molecule has 0 saturated heterocycles. The fraction of sp³-hybridized carbons (Fsp3) is 0.600. The zero-order chi connectivity index (χ0) is 12.5. The molecule has 1 N–H and O–H groups in total. The van der Waals surface area contributed by atoms with Crippen LogP contribution < -0.4 is 0 Å². The van der Waals surface area contributed by atoms with Gasteiger partial charge in [0.05, 0.1) is 6.61 Å². The molecule has 0 fully saturated rings. The molecule has 1 aromatic rings. The van der Waals surface area contributed by atoms with Crippen molar-refractivity contribution in [3.05, 3.63) is 16.5 Å². The molecule has 0 atom stereocenters. The zero-order valence-electron chi connectivity index (χ0n) is 9.89. The molecule has 0 aliphatic rings. The maximum Gasteiger partial charge on any atom is 0.252 e. The Labute approximate surface area is 101 Å². The van der Waals surface area contributed by atoms with Crippen molar-refractivity contribution in [2.45, 2.75) is 37.6 Å². The molecule has 6 heteroatoms. The third-order valence-electron chi connectivity index (χ3n) is 2.50. The maximum absolute atomic E-state index is 12.1. The van der Waals surface area contributed by atoms with Gasteiger partial charge in [0, 0.05) is 18.0 Å². The minimum absolute atomic E-state index is 0.0787. The highest BCUT2D eigenvalue weighted by molar-refractivity contribution is 7.91. The van der Waals surface area contributed by atoms with E-state index in [0.717, 1.165) is 16.9 Å². The number of aryl methyl sites for hydroxylation is 1. The monoisotopic (exact) mass is 263 g/mol.